The number of carbonyl (C=O) groups excluding carboxylic acids is 2. The van der Waals surface area contributed by atoms with Gasteiger partial charge >= 0.3 is 11.9 Å². The quantitative estimate of drug-likeness (QED) is 0.0530. The number of rotatable bonds is 21. The third-order valence-corrected chi connectivity index (χ3v) is 12.7. The Kier molecular flexibility index (Phi) is 17.4. The lowest BCUT2D eigenvalue weighted by Gasteiger charge is -2.29. The number of anilines is 6. The molecule has 66 heavy (non-hydrogen) atoms. The number of hydrogen-bond acceptors (Lipinski definition) is 6. The van der Waals surface area contributed by atoms with E-state index in [9.17, 15) is 9.59 Å². The maximum atomic E-state index is 12.5. The van der Waals surface area contributed by atoms with Crippen LogP contribution in [-0.2, 0) is 31.9 Å². The molecule has 0 aliphatic heterocycles. The average Bonchev–Trinajstić information content (AvgIpc) is 3.29. The van der Waals surface area contributed by atoms with Gasteiger partial charge in [0, 0.05) is 47.0 Å². The highest BCUT2D eigenvalue weighted by molar-refractivity contribution is 5.84. The molecule has 0 N–H and O–H groups in total. The van der Waals surface area contributed by atoms with Crippen molar-refractivity contribution in [3.05, 3.63) is 166 Å². The second kappa shape index (κ2) is 23.4. The van der Waals surface area contributed by atoms with Gasteiger partial charge in [-0.25, -0.2) is 0 Å². The summed E-state index contributed by atoms with van der Waals surface area (Å²) in [4.78, 5) is 29.6. The fourth-order valence-electron chi connectivity index (χ4n) is 8.37. The normalized spacial score (nSPS) is 11.3. The Labute approximate surface area is 396 Å². The highest BCUT2D eigenvalue weighted by atomic mass is 16.5. The third-order valence-electron chi connectivity index (χ3n) is 12.7. The van der Waals surface area contributed by atoms with Crippen molar-refractivity contribution in [3.63, 3.8) is 0 Å². The van der Waals surface area contributed by atoms with Gasteiger partial charge in [0.15, 0.2) is 0 Å². The molecule has 0 saturated heterocycles. The second-order valence-electron chi connectivity index (χ2n) is 19.1. The number of nitrogens with zero attached hydrogens (tertiary/aromatic N) is 2. The van der Waals surface area contributed by atoms with Gasteiger partial charge in [0.2, 0.25) is 0 Å². The van der Waals surface area contributed by atoms with Crippen LogP contribution in [0.3, 0.4) is 0 Å². The molecule has 0 aromatic heterocycles. The van der Waals surface area contributed by atoms with Crippen LogP contribution in [0.25, 0.3) is 11.1 Å². The number of carbonyl (C=O) groups is 2. The van der Waals surface area contributed by atoms with E-state index in [1.165, 1.54) is 22.3 Å². The van der Waals surface area contributed by atoms with Crippen molar-refractivity contribution in [2.24, 2.45) is 11.8 Å². The molecule has 0 radical (unpaired) electrons. The molecule has 0 atom stereocenters. The zero-order chi connectivity index (χ0) is 47.3. The Morgan fingerprint density at radius 3 is 1.12 bits per heavy atom. The summed E-state index contributed by atoms with van der Waals surface area (Å²) in [5.74, 6) is 0.951. The summed E-state index contributed by atoms with van der Waals surface area (Å²) in [5, 5.41) is 0. The third kappa shape index (κ3) is 13.5. The summed E-state index contributed by atoms with van der Waals surface area (Å²) in [5.41, 5.74) is 18.4. The van der Waals surface area contributed by atoms with E-state index >= 15 is 0 Å². The SMILES string of the molecule is Cc1ccc(N(c2ccc(CCC(=O)OCCCC(C)C)cc2)c2ccc(-c3ccc(N(c4ccc(CCC(=O)OCCCC(C)C)cc4)c4ccc(C)c(C)c4)c(C)c3)cc2C)cc1C. The van der Waals surface area contributed by atoms with Gasteiger partial charge in [-0.3, -0.25) is 9.59 Å². The van der Waals surface area contributed by atoms with E-state index < -0.39 is 0 Å². The fraction of sp³-hybridized carbons (Fsp3) is 0.367. The lowest BCUT2D eigenvalue weighted by atomic mass is 9.98. The largest absolute Gasteiger partial charge is 0.466 e. The van der Waals surface area contributed by atoms with Crippen molar-refractivity contribution in [2.45, 2.75) is 121 Å². The van der Waals surface area contributed by atoms with Crippen LogP contribution < -0.4 is 9.80 Å². The molecule has 0 saturated carbocycles. The van der Waals surface area contributed by atoms with Gasteiger partial charge in [0.1, 0.15) is 0 Å². The molecule has 0 bridgehead atoms. The first-order valence-electron chi connectivity index (χ1n) is 24.1. The molecule has 6 aromatic carbocycles. The first-order valence-corrected chi connectivity index (χ1v) is 24.1. The van der Waals surface area contributed by atoms with Gasteiger partial charge in [-0.05, 0) is 220 Å². The molecule has 0 heterocycles. The standard InChI is InChI=1S/C60H72N2O4/c1-41(2)13-11-35-65-59(63)33-21-49-17-27-53(28-18-49)61(55-25-15-43(5)45(7)39-55)57-31-23-51(37-47(57)9)52-24-32-58(48(10)38-52)62(56-26-16-44(6)46(8)40-56)54-29-19-50(20-30-54)22-34-60(64)66-36-12-14-42(3)4/h15-20,23-32,37-42H,11-14,21-22,33-36H2,1-10H3. The van der Waals surface area contributed by atoms with Crippen LogP contribution in [0.2, 0.25) is 0 Å². The first kappa shape index (κ1) is 49.3. The Balaban J connectivity index is 1.23. The van der Waals surface area contributed by atoms with Gasteiger partial charge in [-0.2, -0.15) is 0 Å². The van der Waals surface area contributed by atoms with Gasteiger partial charge in [0.25, 0.3) is 0 Å². The number of aryl methyl sites for hydroxylation is 8. The molecule has 6 aromatic rings. The molecule has 346 valence electrons. The van der Waals surface area contributed by atoms with E-state index in [1.54, 1.807) is 0 Å². The summed E-state index contributed by atoms with van der Waals surface area (Å²) in [7, 11) is 0. The average molecular weight is 885 g/mol. The highest BCUT2D eigenvalue weighted by Crippen LogP contribution is 2.41. The molecule has 0 amide bonds. The van der Waals surface area contributed by atoms with Crippen LogP contribution in [0, 0.1) is 53.4 Å². The topological polar surface area (TPSA) is 59.1 Å². The van der Waals surface area contributed by atoms with E-state index in [-0.39, 0.29) is 11.9 Å². The van der Waals surface area contributed by atoms with Crippen molar-refractivity contribution in [1.29, 1.82) is 0 Å². The summed E-state index contributed by atoms with van der Waals surface area (Å²) in [6, 6.07) is 44.0. The predicted octanol–water partition coefficient (Wildman–Crippen LogP) is 16.0. The molecule has 6 rings (SSSR count). The molecule has 0 fully saturated rings. The van der Waals surface area contributed by atoms with Crippen molar-refractivity contribution < 1.29 is 19.1 Å². The molecule has 6 heteroatoms. The second-order valence-corrected chi connectivity index (χ2v) is 19.1. The van der Waals surface area contributed by atoms with Crippen LogP contribution in [0.1, 0.15) is 111 Å². The Hall–Kier alpha value is -6.14. The Morgan fingerprint density at radius 1 is 0.424 bits per heavy atom. The number of hydrogen-bond donors (Lipinski definition) is 0. The van der Waals surface area contributed by atoms with E-state index in [1.807, 2.05) is 0 Å². The molecule has 0 aliphatic carbocycles. The summed E-state index contributed by atoms with van der Waals surface area (Å²) in [6.45, 7) is 22.8. The minimum absolute atomic E-state index is 0.135. The summed E-state index contributed by atoms with van der Waals surface area (Å²) < 4.78 is 11.0. The van der Waals surface area contributed by atoms with E-state index in [0.29, 0.717) is 50.7 Å². The zero-order valence-electron chi connectivity index (χ0n) is 41.3. The zero-order valence-corrected chi connectivity index (χ0v) is 41.3. The smallest absolute Gasteiger partial charge is 0.306 e. The van der Waals surface area contributed by atoms with Crippen molar-refractivity contribution in [1.82, 2.24) is 0 Å². The van der Waals surface area contributed by atoms with E-state index in [0.717, 1.165) is 93.2 Å². The van der Waals surface area contributed by atoms with Crippen LogP contribution >= 0.6 is 0 Å². The molecular formula is C60H72N2O4. The minimum atomic E-state index is -0.135. The first-order chi connectivity index (χ1) is 31.7. The highest BCUT2D eigenvalue weighted by Gasteiger charge is 2.19. The Morgan fingerprint density at radius 2 is 0.788 bits per heavy atom. The predicted molar refractivity (Wildman–Crippen MR) is 276 cm³/mol. The van der Waals surface area contributed by atoms with Crippen molar-refractivity contribution in [3.8, 4) is 11.1 Å². The summed E-state index contributed by atoms with van der Waals surface area (Å²) >= 11 is 0. The van der Waals surface area contributed by atoms with Gasteiger partial charge in [-0.1, -0.05) is 76.2 Å². The molecule has 6 nitrogen and oxygen atoms in total. The Bertz CT molecular complexity index is 2380. The molecule has 0 unspecified atom stereocenters. The van der Waals surface area contributed by atoms with Crippen molar-refractivity contribution >= 4 is 46.1 Å². The lowest BCUT2D eigenvalue weighted by Crippen LogP contribution is -2.12. The van der Waals surface area contributed by atoms with E-state index in [4.69, 9.17) is 9.47 Å². The van der Waals surface area contributed by atoms with Gasteiger partial charge in [0.05, 0.1) is 13.2 Å². The van der Waals surface area contributed by atoms with Gasteiger partial charge in [-0.15, -0.1) is 0 Å². The van der Waals surface area contributed by atoms with Gasteiger partial charge < -0.3 is 19.3 Å². The molecule has 0 spiro atoms. The minimum Gasteiger partial charge on any atom is -0.466 e. The summed E-state index contributed by atoms with van der Waals surface area (Å²) in [6.07, 6.45) is 5.98. The number of benzene rings is 6. The maximum Gasteiger partial charge on any atom is 0.306 e. The molecule has 0 aliphatic rings. The fourth-order valence-corrected chi connectivity index (χ4v) is 8.37. The van der Waals surface area contributed by atoms with Crippen LogP contribution in [-0.4, -0.2) is 25.2 Å². The number of ether oxygens (including phenoxy) is 2. The molecular weight excluding hydrogens is 813 g/mol. The van der Waals surface area contributed by atoms with Crippen LogP contribution in [0.15, 0.2) is 121 Å². The van der Waals surface area contributed by atoms with Crippen LogP contribution in [0.5, 0.6) is 0 Å². The van der Waals surface area contributed by atoms with Crippen LogP contribution in [0.4, 0.5) is 34.1 Å². The van der Waals surface area contributed by atoms with E-state index in [2.05, 4.69) is 200 Å². The maximum absolute atomic E-state index is 12.5. The lowest BCUT2D eigenvalue weighted by molar-refractivity contribution is -0.144. The monoisotopic (exact) mass is 885 g/mol. The number of esters is 2. The van der Waals surface area contributed by atoms with Crippen molar-refractivity contribution in [2.75, 3.05) is 23.0 Å².